The molecule has 0 unspecified atom stereocenters. The maximum atomic E-state index is 5.24. The van der Waals surface area contributed by atoms with Crippen molar-refractivity contribution in [3.8, 4) is 0 Å². The highest BCUT2D eigenvalue weighted by Crippen LogP contribution is 2.24. The minimum absolute atomic E-state index is 0.799. The Morgan fingerprint density at radius 1 is 1.25 bits per heavy atom. The molecule has 1 saturated carbocycles. The van der Waals surface area contributed by atoms with Crippen molar-refractivity contribution in [3.05, 3.63) is 12.2 Å². The van der Waals surface area contributed by atoms with Gasteiger partial charge in [-0.1, -0.05) is 31.4 Å². The van der Waals surface area contributed by atoms with Crippen molar-refractivity contribution in [3.63, 3.8) is 0 Å². The summed E-state index contributed by atoms with van der Waals surface area (Å²) in [7, 11) is 0. The van der Waals surface area contributed by atoms with Gasteiger partial charge in [0.25, 0.3) is 0 Å². The zero-order valence-corrected chi connectivity index (χ0v) is 8.09. The van der Waals surface area contributed by atoms with Crippen LogP contribution in [0, 0.1) is 5.92 Å². The van der Waals surface area contributed by atoms with Gasteiger partial charge in [0.1, 0.15) is 0 Å². The van der Waals surface area contributed by atoms with Crippen LogP contribution >= 0.6 is 0 Å². The van der Waals surface area contributed by atoms with Gasteiger partial charge in [0.2, 0.25) is 0 Å². The van der Waals surface area contributed by atoms with E-state index in [1.165, 1.54) is 32.1 Å². The summed E-state index contributed by atoms with van der Waals surface area (Å²) in [6.07, 6.45) is 11.6. The van der Waals surface area contributed by atoms with Crippen molar-refractivity contribution >= 4 is 0 Å². The largest absolute Gasteiger partial charge is 0.378 e. The summed E-state index contributed by atoms with van der Waals surface area (Å²) >= 11 is 0. The Labute approximate surface area is 75.8 Å². The molecule has 0 aliphatic heterocycles. The van der Waals surface area contributed by atoms with E-state index in [-0.39, 0.29) is 0 Å². The molecule has 1 aliphatic carbocycles. The molecule has 0 spiro atoms. The maximum absolute atomic E-state index is 5.24. The topological polar surface area (TPSA) is 9.23 Å². The standard InChI is InChI=1S/C11H20O/c1-2-12-10-6-9-11-7-4-3-5-8-11/h6,9,11H,2-5,7-8,10H2,1H3/b9-6+. The molecule has 0 aromatic heterocycles. The molecule has 0 amide bonds. The Kier molecular flexibility index (Phi) is 5.09. The summed E-state index contributed by atoms with van der Waals surface area (Å²) < 4.78 is 5.24. The lowest BCUT2D eigenvalue weighted by Crippen LogP contribution is -2.03. The van der Waals surface area contributed by atoms with E-state index in [0.717, 1.165) is 19.1 Å². The van der Waals surface area contributed by atoms with E-state index in [2.05, 4.69) is 12.2 Å². The average Bonchev–Trinajstić information content (AvgIpc) is 2.14. The van der Waals surface area contributed by atoms with Crippen LogP contribution in [0.3, 0.4) is 0 Å². The lowest BCUT2D eigenvalue weighted by atomic mass is 9.89. The third-order valence-corrected chi connectivity index (χ3v) is 2.48. The number of hydrogen-bond acceptors (Lipinski definition) is 1. The summed E-state index contributed by atoms with van der Waals surface area (Å²) in [6.45, 7) is 3.66. The first-order valence-corrected chi connectivity index (χ1v) is 5.18. The fourth-order valence-corrected chi connectivity index (χ4v) is 1.76. The molecule has 0 radical (unpaired) electrons. The van der Waals surface area contributed by atoms with Crippen LogP contribution in [0.4, 0.5) is 0 Å². The van der Waals surface area contributed by atoms with Crippen LogP contribution < -0.4 is 0 Å². The van der Waals surface area contributed by atoms with Crippen molar-refractivity contribution < 1.29 is 4.74 Å². The van der Waals surface area contributed by atoms with Crippen LogP contribution in [0.25, 0.3) is 0 Å². The molecule has 1 aliphatic rings. The third-order valence-electron chi connectivity index (χ3n) is 2.48. The number of ether oxygens (including phenoxy) is 1. The smallest absolute Gasteiger partial charge is 0.0647 e. The van der Waals surface area contributed by atoms with Crippen LogP contribution in [0.2, 0.25) is 0 Å². The van der Waals surface area contributed by atoms with Gasteiger partial charge in [0.15, 0.2) is 0 Å². The first kappa shape index (κ1) is 9.79. The minimum atomic E-state index is 0.799. The van der Waals surface area contributed by atoms with Crippen LogP contribution in [0.15, 0.2) is 12.2 Å². The van der Waals surface area contributed by atoms with E-state index in [0.29, 0.717) is 0 Å². The minimum Gasteiger partial charge on any atom is -0.378 e. The van der Waals surface area contributed by atoms with Gasteiger partial charge in [-0.3, -0.25) is 0 Å². The van der Waals surface area contributed by atoms with Gasteiger partial charge >= 0.3 is 0 Å². The van der Waals surface area contributed by atoms with E-state index >= 15 is 0 Å². The maximum Gasteiger partial charge on any atom is 0.0647 e. The zero-order valence-electron chi connectivity index (χ0n) is 8.09. The quantitative estimate of drug-likeness (QED) is 0.463. The van der Waals surface area contributed by atoms with Crippen molar-refractivity contribution in [1.29, 1.82) is 0 Å². The molecule has 1 fully saturated rings. The van der Waals surface area contributed by atoms with Crippen molar-refractivity contribution in [1.82, 2.24) is 0 Å². The van der Waals surface area contributed by atoms with Crippen LogP contribution in [0.1, 0.15) is 39.0 Å². The zero-order chi connectivity index (χ0) is 8.65. The third kappa shape index (κ3) is 3.91. The van der Waals surface area contributed by atoms with E-state index in [1.807, 2.05) is 6.92 Å². The van der Waals surface area contributed by atoms with Crippen molar-refractivity contribution in [2.45, 2.75) is 39.0 Å². The highest BCUT2D eigenvalue weighted by molar-refractivity contribution is 4.89. The Bertz CT molecular complexity index is 123. The number of hydrogen-bond donors (Lipinski definition) is 0. The number of allylic oxidation sites excluding steroid dienone is 1. The van der Waals surface area contributed by atoms with E-state index in [4.69, 9.17) is 4.74 Å². The molecule has 1 heteroatoms. The second kappa shape index (κ2) is 6.24. The molecule has 0 saturated heterocycles. The molecule has 1 rings (SSSR count). The molecular weight excluding hydrogens is 148 g/mol. The molecule has 0 aromatic carbocycles. The Hall–Kier alpha value is -0.300. The first-order chi connectivity index (χ1) is 5.93. The second-order valence-corrected chi connectivity index (χ2v) is 3.49. The highest BCUT2D eigenvalue weighted by Gasteiger charge is 2.08. The van der Waals surface area contributed by atoms with E-state index in [9.17, 15) is 0 Å². The van der Waals surface area contributed by atoms with Crippen molar-refractivity contribution in [2.75, 3.05) is 13.2 Å². The lowest BCUT2D eigenvalue weighted by molar-refractivity contribution is 0.177. The first-order valence-electron chi connectivity index (χ1n) is 5.18. The fourth-order valence-electron chi connectivity index (χ4n) is 1.76. The molecule has 12 heavy (non-hydrogen) atoms. The van der Waals surface area contributed by atoms with Crippen molar-refractivity contribution in [2.24, 2.45) is 5.92 Å². The summed E-state index contributed by atoms with van der Waals surface area (Å²) in [6, 6.07) is 0. The predicted octanol–water partition coefficient (Wildman–Crippen LogP) is 3.16. The summed E-state index contributed by atoms with van der Waals surface area (Å²) in [5.41, 5.74) is 0. The molecule has 0 bridgehead atoms. The van der Waals surface area contributed by atoms with Crippen LogP contribution in [0.5, 0.6) is 0 Å². The van der Waals surface area contributed by atoms with Gasteiger partial charge in [0.05, 0.1) is 6.61 Å². The Balaban J connectivity index is 2.07. The predicted molar refractivity (Wildman–Crippen MR) is 52.2 cm³/mol. The molecule has 0 heterocycles. The number of rotatable bonds is 4. The molecule has 0 aromatic rings. The summed E-state index contributed by atoms with van der Waals surface area (Å²) in [5.74, 6) is 0.846. The molecule has 1 nitrogen and oxygen atoms in total. The Morgan fingerprint density at radius 3 is 2.67 bits per heavy atom. The summed E-state index contributed by atoms with van der Waals surface area (Å²) in [4.78, 5) is 0. The molecular formula is C11H20O. The fraction of sp³-hybridized carbons (Fsp3) is 0.818. The van der Waals surface area contributed by atoms with E-state index in [1.54, 1.807) is 0 Å². The normalized spacial score (nSPS) is 20.4. The highest BCUT2D eigenvalue weighted by atomic mass is 16.5. The SMILES string of the molecule is CCOC/C=C/C1CCCCC1. The molecule has 0 N–H and O–H groups in total. The van der Waals surface area contributed by atoms with E-state index < -0.39 is 0 Å². The van der Waals surface area contributed by atoms with Gasteiger partial charge in [0, 0.05) is 6.61 Å². The monoisotopic (exact) mass is 168 g/mol. The van der Waals surface area contributed by atoms with Gasteiger partial charge in [-0.25, -0.2) is 0 Å². The lowest BCUT2D eigenvalue weighted by Gasteiger charge is -2.17. The van der Waals surface area contributed by atoms with Gasteiger partial charge in [-0.2, -0.15) is 0 Å². The average molecular weight is 168 g/mol. The molecule has 0 atom stereocenters. The van der Waals surface area contributed by atoms with Gasteiger partial charge in [-0.05, 0) is 25.7 Å². The summed E-state index contributed by atoms with van der Waals surface area (Å²) in [5, 5.41) is 0. The van der Waals surface area contributed by atoms with Gasteiger partial charge in [-0.15, -0.1) is 0 Å². The Morgan fingerprint density at radius 2 is 2.00 bits per heavy atom. The second-order valence-electron chi connectivity index (χ2n) is 3.49. The van der Waals surface area contributed by atoms with Gasteiger partial charge < -0.3 is 4.74 Å². The molecule has 70 valence electrons. The van der Waals surface area contributed by atoms with Crippen LogP contribution in [-0.4, -0.2) is 13.2 Å². The van der Waals surface area contributed by atoms with Crippen LogP contribution in [-0.2, 0) is 4.74 Å².